The average molecular weight is 491 g/mol. The predicted octanol–water partition coefficient (Wildman–Crippen LogP) is 5.28. The third-order valence-electron chi connectivity index (χ3n) is 5.38. The van der Waals surface area contributed by atoms with Crippen molar-refractivity contribution >= 4 is 11.9 Å². The molecule has 0 amide bonds. The summed E-state index contributed by atoms with van der Waals surface area (Å²) in [7, 11) is 4.51. The van der Waals surface area contributed by atoms with Gasteiger partial charge in [0, 0.05) is 11.1 Å². The monoisotopic (exact) mass is 490 g/mol. The first-order valence-electron chi connectivity index (χ1n) is 11.4. The molecule has 0 aliphatic rings. The second-order valence-electron chi connectivity index (χ2n) is 9.31. The Balaban J connectivity index is 2.43. The van der Waals surface area contributed by atoms with Gasteiger partial charge < -0.3 is 23.7 Å². The molecule has 0 saturated carbocycles. The van der Waals surface area contributed by atoms with Gasteiger partial charge in [-0.25, -0.2) is 4.39 Å². The van der Waals surface area contributed by atoms with Crippen LogP contribution in [0, 0.1) is 11.7 Å². The highest BCUT2D eigenvalue weighted by Crippen LogP contribution is 2.40. The van der Waals surface area contributed by atoms with Crippen molar-refractivity contribution in [3.05, 3.63) is 53.3 Å². The fourth-order valence-electron chi connectivity index (χ4n) is 3.73. The van der Waals surface area contributed by atoms with Crippen molar-refractivity contribution in [2.75, 3.05) is 21.3 Å². The summed E-state index contributed by atoms with van der Waals surface area (Å²) in [5.74, 6) is -1.65. The van der Waals surface area contributed by atoms with Crippen LogP contribution >= 0.6 is 0 Å². The van der Waals surface area contributed by atoms with E-state index in [2.05, 4.69) is 0 Å². The van der Waals surface area contributed by atoms with Crippen molar-refractivity contribution in [2.45, 2.75) is 58.7 Å². The van der Waals surface area contributed by atoms with E-state index in [4.69, 9.17) is 23.7 Å². The van der Waals surface area contributed by atoms with Crippen molar-refractivity contribution in [2.24, 2.45) is 5.92 Å². The molecule has 0 bridgehead atoms. The van der Waals surface area contributed by atoms with Gasteiger partial charge in [-0.2, -0.15) is 0 Å². The summed E-state index contributed by atoms with van der Waals surface area (Å²) >= 11 is 0. The number of methoxy groups -OCH3 is 3. The predicted molar refractivity (Wildman–Crippen MR) is 130 cm³/mol. The van der Waals surface area contributed by atoms with Crippen molar-refractivity contribution < 1.29 is 37.7 Å². The molecule has 3 atom stereocenters. The fraction of sp³-hybridized carbons (Fsp3) is 0.481. The summed E-state index contributed by atoms with van der Waals surface area (Å²) < 4.78 is 42.4. The molecule has 0 aliphatic heterocycles. The van der Waals surface area contributed by atoms with Crippen LogP contribution in [0.15, 0.2) is 36.4 Å². The van der Waals surface area contributed by atoms with E-state index in [-0.39, 0.29) is 12.0 Å². The highest BCUT2D eigenvalue weighted by molar-refractivity contribution is 5.80. The number of carbonyl (C=O) groups excluding carboxylic acids is 2. The van der Waals surface area contributed by atoms with Gasteiger partial charge in [0.05, 0.1) is 39.6 Å². The zero-order valence-corrected chi connectivity index (χ0v) is 21.6. The van der Waals surface area contributed by atoms with E-state index in [0.717, 1.165) is 0 Å². The highest BCUT2D eigenvalue weighted by atomic mass is 19.1. The Morgan fingerprint density at radius 2 is 1.46 bits per heavy atom. The maximum atomic E-state index is 15.1. The smallest absolute Gasteiger partial charge is 0.309 e. The van der Waals surface area contributed by atoms with Crippen LogP contribution < -0.4 is 14.2 Å². The molecule has 0 aromatic heterocycles. The lowest BCUT2D eigenvalue weighted by Gasteiger charge is -2.28. The first-order valence-corrected chi connectivity index (χ1v) is 11.4. The minimum absolute atomic E-state index is 0.135. The number of halogens is 1. The van der Waals surface area contributed by atoms with Crippen LogP contribution in [-0.4, -0.2) is 45.0 Å². The topological polar surface area (TPSA) is 80.3 Å². The fourth-order valence-corrected chi connectivity index (χ4v) is 3.73. The van der Waals surface area contributed by atoms with E-state index in [1.165, 1.54) is 33.5 Å². The molecular formula is C27H35FO7. The van der Waals surface area contributed by atoms with Gasteiger partial charge in [-0.15, -0.1) is 0 Å². The van der Waals surface area contributed by atoms with Crippen molar-refractivity contribution in [1.29, 1.82) is 0 Å². The molecule has 0 fully saturated rings. The molecule has 0 radical (unpaired) electrons. The van der Waals surface area contributed by atoms with Gasteiger partial charge in [0.1, 0.15) is 34.8 Å². The molecule has 2 rings (SSSR count). The van der Waals surface area contributed by atoms with Crippen LogP contribution in [-0.2, 0) is 19.1 Å². The van der Waals surface area contributed by atoms with E-state index in [0.29, 0.717) is 22.8 Å². The number of hydrogen-bond acceptors (Lipinski definition) is 7. The highest BCUT2D eigenvalue weighted by Gasteiger charge is 2.32. The SMILES string of the molecule is COc1ccc(F)c(C(c2cc(OC)ccc2OC)[C@H](C)OC(=O)[C@H](C)CC(=O)OC(C)(C)C)c1. The molecule has 0 spiro atoms. The third-order valence-corrected chi connectivity index (χ3v) is 5.38. The molecule has 0 aliphatic carbocycles. The summed E-state index contributed by atoms with van der Waals surface area (Å²) in [6.45, 7) is 8.52. The Morgan fingerprint density at radius 3 is 2.00 bits per heavy atom. The Labute approximate surface area is 206 Å². The van der Waals surface area contributed by atoms with E-state index in [1.807, 2.05) is 0 Å². The lowest BCUT2D eigenvalue weighted by atomic mass is 9.85. The number of carbonyl (C=O) groups is 2. The van der Waals surface area contributed by atoms with Crippen LogP contribution in [0.1, 0.15) is 58.1 Å². The van der Waals surface area contributed by atoms with Crippen molar-refractivity contribution in [3.63, 3.8) is 0 Å². The van der Waals surface area contributed by atoms with Gasteiger partial charge in [-0.1, -0.05) is 6.92 Å². The van der Waals surface area contributed by atoms with Gasteiger partial charge in [-0.3, -0.25) is 9.59 Å². The number of rotatable bonds is 10. The first-order chi connectivity index (χ1) is 16.4. The van der Waals surface area contributed by atoms with E-state index in [9.17, 15) is 9.59 Å². The zero-order chi connectivity index (χ0) is 26.3. The molecule has 8 heteroatoms. The van der Waals surface area contributed by atoms with Crippen LogP contribution in [0.2, 0.25) is 0 Å². The molecule has 192 valence electrons. The molecule has 35 heavy (non-hydrogen) atoms. The summed E-state index contributed by atoms with van der Waals surface area (Å²) in [5, 5.41) is 0. The molecule has 2 aromatic carbocycles. The number of hydrogen-bond donors (Lipinski definition) is 0. The van der Waals surface area contributed by atoms with Crippen molar-refractivity contribution in [3.8, 4) is 17.2 Å². The van der Waals surface area contributed by atoms with Gasteiger partial charge in [0.25, 0.3) is 0 Å². The Morgan fingerprint density at radius 1 is 0.886 bits per heavy atom. The van der Waals surface area contributed by atoms with Gasteiger partial charge in [-0.05, 0) is 64.1 Å². The Hall–Kier alpha value is -3.29. The minimum Gasteiger partial charge on any atom is -0.497 e. The van der Waals surface area contributed by atoms with E-state index < -0.39 is 41.3 Å². The summed E-state index contributed by atoms with van der Waals surface area (Å²) in [4.78, 5) is 25.1. The zero-order valence-electron chi connectivity index (χ0n) is 21.6. The molecule has 0 saturated heterocycles. The van der Waals surface area contributed by atoms with Crippen molar-refractivity contribution in [1.82, 2.24) is 0 Å². The normalized spacial score (nSPS) is 13.9. The van der Waals surface area contributed by atoms with E-state index >= 15 is 4.39 Å². The molecule has 1 unspecified atom stereocenters. The number of esters is 2. The average Bonchev–Trinajstić information content (AvgIpc) is 2.78. The van der Waals surface area contributed by atoms with Crippen LogP contribution in [0.3, 0.4) is 0 Å². The summed E-state index contributed by atoms with van der Waals surface area (Å²) in [5.41, 5.74) is 0.168. The Kier molecular flexibility index (Phi) is 9.51. The van der Waals surface area contributed by atoms with Crippen LogP contribution in [0.5, 0.6) is 17.2 Å². The maximum absolute atomic E-state index is 15.1. The standard InChI is InChI=1S/C27H35FO7/c1-16(13-24(29)35-27(3,4)5)26(30)34-17(2)25(20-14-18(31-6)9-11-22(20)28)21-15-19(32-7)10-12-23(21)33-8/h9-12,14-17,25H,13H2,1-8H3/t16-,17+,25?/m1/s1. The summed E-state index contributed by atoms with van der Waals surface area (Å²) in [6, 6.07) is 9.52. The third kappa shape index (κ3) is 7.60. The summed E-state index contributed by atoms with van der Waals surface area (Å²) in [6.07, 6.45) is -0.963. The van der Waals surface area contributed by atoms with E-state index in [1.54, 1.807) is 58.9 Å². The lowest BCUT2D eigenvalue weighted by molar-refractivity contribution is -0.163. The number of benzene rings is 2. The molecule has 2 aromatic rings. The molecular weight excluding hydrogens is 455 g/mol. The lowest BCUT2D eigenvalue weighted by Crippen LogP contribution is -2.30. The Bertz CT molecular complexity index is 1030. The van der Waals surface area contributed by atoms with Gasteiger partial charge in [0.15, 0.2) is 0 Å². The first kappa shape index (κ1) is 28.0. The molecule has 7 nitrogen and oxygen atoms in total. The quantitative estimate of drug-likeness (QED) is 0.419. The largest absolute Gasteiger partial charge is 0.497 e. The number of ether oxygens (including phenoxy) is 5. The van der Waals surface area contributed by atoms with Crippen LogP contribution in [0.25, 0.3) is 0 Å². The molecule has 0 N–H and O–H groups in total. The second kappa shape index (κ2) is 11.9. The molecule has 0 heterocycles. The maximum Gasteiger partial charge on any atom is 0.309 e. The van der Waals surface area contributed by atoms with Gasteiger partial charge >= 0.3 is 11.9 Å². The van der Waals surface area contributed by atoms with Gasteiger partial charge in [0.2, 0.25) is 0 Å². The second-order valence-corrected chi connectivity index (χ2v) is 9.31. The van der Waals surface area contributed by atoms with Crippen LogP contribution in [0.4, 0.5) is 4.39 Å². The minimum atomic E-state index is -0.828.